The molecule has 1 aliphatic heterocycles. The molecule has 1 amide bonds. The first kappa shape index (κ1) is 17.1. The van der Waals surface area contributed by atoms with E-state index >= 15 is 0 Å². The molecular formula is C19H24N2O2S. The molecule has 2 aromatic rings. The maximum atomic E-state index is 12.7. The van der Waals surface area contributed by atoms with Gasteiger partial charge in [-0.15, -0.1) is 11.3 Å². The Morgan fingerprint density at radius 2 is 1.96 bits per heavy atom. The summed E-state index contributed by atoms with van der Waals surface area (Å²) in [4.78, 5) is 18.5. The predicted octanol–water partition coefficient (Wildman–Crippen LogP) is 4.11. The van der Waals surface area contributed by atoms with Gasteiger partial charge in [-0.2, -0.15) is 0 Å². The minimum Gasteiger partial charge on any atom is -0.381 e. The summed E-state index contributed by atoms with van der Waals surface area (Å²) in [6.45, 7) is 7.41. The molecule has 0 unspecified atom stereocenters. The highest BCUT2D eigenvalue weighted by Gasteiger charge is 2.36. The normalized spacial score (nSPS) is 18.1. The monoisotopic (exact) mass is 344 g/mol. The molecule has 0 aliphatic carbocycles. The topological polar surface area (TPSA) is 51.2 Å². The number of hydrogen-bond acceptors (Lipinski definition) is 4. The molecule has 1 atom stereocenters. The molecule has 1 aromatic heterocycles. The van der Waals surface area contributed by atoms with Crippen molar-refractivity contribution >= 4 is 17.2 Å². The van der Waals surface area contributed by atoms with E-state index in [-0.39, 0.29) is 17.4 Å². The highest BCUT2D eigenvalue weighted by Crippen LogP contribution is 2.34. The molecule has 1 fully saturated rings. The second kappa shape index (κ2) is 7.03. The van der Waals surface area contributed by atoms with Crippen molar-refractivity contribution in [3.8, 4) is 10.6 Å². The van der Waals surface area contributed by atoms with E-state index in [1.807, 2.05) is 39.0 Å². The fraction of sp³-hybridized carbons (Fsp3) is 0.474. The first-order valence-corrected chi connectivity index (χ1v) is 9.23. The molecule has 0 radical (unpaired) electrons. The van der Waals surface area contributed by atoms with Crippen LogP contribution in [-0.2, 0) is 9.53 Å². The summed E-state index contributed by atoms with van der Waals surface area (Å²) in [6.07, 6.45) is 1.56. The van der Waals surface area contributed by atoms with Gasteiger partial charge in [0, 0.05) is 18.8 Å². The van der Waals surface area contributed by atoms with Crippen LogP contribution in [0.4, 0.5) is 0 Å². The van der Waals surface area contributed by atoms with E-state index in [2.05, 4.69) is 22.4 Å². The van der Waals surface area contributed by atoms with Gasteiger partial charge in [-0.3, -0.25) is 4.79 Å². The number of aryl methyl sites for hydroxylation is 1. The van der Waals surface area contributed by atoms with Gasteiger partial charge in [-0.25, -0.2) is 4.98 Å². The highest BCUT2D eigenvalue weighted by atomic mass is 32.1. The number of carbonyl (C=O) groups excluding carboxylic acids is 1. The van der Waals surface area contributed by atoms with Crippen molar-refractivity contribution in [1.82, 2.24) is 10.3 Å². The van der Waals surface area contributed by atoms with Crippen LogP contribution in [0.3, 0.4) is 0 Å². The summed E-state index contributed by atoms with van der Waals surface area (Å²) in [7, 11) is 0. The Bertz CT molecular complexity index is 705. The van der Waals surface area contributed by atoms with E-state index in [0.717, 1.165) is 34.0 Å². The quantitative estimate of drug-likeness (QED) is 0.908. The lowest BCUT2D eigenvalue weighted by Crippen LogP contribution is -2.43. The number of amides is 1. The lowest BCUT2D eigenvalue weighted by molar-refractivity contribution is -0.135. The Morgan fingerprint density at radius 3 is 2.62 bits per heavy atom. The number of benzene rings is 1. The van der Waals surface area contributed by atoms with Crippen LogP contribution in [-0.4, -0.2) is 24.1 Å². The minimum atomic E-state index is -0.326. The van der Waals surface area contributed by atoms with Crippen LogP contribution >= 0.6 is 11.3 Å². The molecule has 1 aliphatic rings. The number of ether oxygens (including phenoxy) is 1. The molecular weight excluding hydrogens is 320 g/mol. The number of nitrogens with one attached hydrogen (secondary N) is 1. The van der Waals surface area contributed by atoms with Crippen LogP contribution < -0.4 is 5.32 Å². The van der Waals surface area contributed by atoms with Crippen LogP contribution in [0.1, 0.15) is 43.3 Å². The molecule has 4 nitrogen and oxygen atoms in total. The highest BCUT2D eigenvalue weighted by molar-refractivity contribution is 7.15. The summed E-state index contributed by atoms with van der Waals surface area (Å²) < 4.78 is 5.39. The van der Waals surface area contributed by atoms with Gasteiger partial charge < -0.3 is 10.1 Å². The molecule has 0 spiro atoms. The van der Waals surface area contributed by atoms with Crippen LogP contribution in [0.15, 0.2) is 30.3 Å². The molecule has 24 heavy (non-hydrogen) atoms. The third-order valence-electron chi connectivity index (χ3n) is 4.74. The van der Waals surface area contributed by atoms with E-state index in [1.54, 1.807) is 11.3 Å². The Kier molecular flexibility index (Phi) is 5.01. The molecule has 1 aromatic carbocycles. The van der Waals surface area contributed by atoms with Crippen molar-refractivity contribution in [1.29, 1.82) is 0 Å². The van der Waals surface area contributed by atoms with Gasteiger partial charge in [-0.1, -0.05) is 37.3 Å². The second-order valence-electron chi connectivity index (χ2n) is 6.70. The molecule has 128 valence electrons. The van der Waals surface area contributed by atoms with Gasteiger partial charge in [0.15, 0.2) is 0 Å². The lowest BCUT2D eigenvalue weighted by atomic mass is 9.81. The summed E-state index contributed by atoms with van der Waals surface area (Å²) in [5.41, 5.74) is 1.78. The zero-order valence-electron chi connectivity index (χ0n) is 14.5. The van der Waals surface area contributed by atoms with Crippen molar-refractivity contribution in [2.45, 2.75) is 39.7 Å². The number of aromatic nitrogens is 1. The Balaban J connectivity index is 1.74. The van der Waals surface area contributed by atoms with Gasteiger partial charge in [0.2, 0.25) is 5.91 Å². The fourth-order valence-electron chi connectivity index (χ4n) is 3.00. The maximum absolute atomic E-state index is 12.7. The molecule has 1 saturated heterocycles. The van der Waals surface area contributed by atoms with Gasteiger partial charge in [0.25, 0.3) is 0 Å². The summed E-state index contributed by atoms with van der Waals surface area (Å²) in [6, 6.07) is 10.1. The number of carbonyl (C=O) groups is 1. The first-order chi connectivity index (χ1) is 11.5. The average Bonchev–Trinajstić information content (AvgIpc) is 2.98. The number of rotatable bonds is 4. The van der Waals surface area contributed by atoms with Crippen LogP contribution in [0, 0.1) is 12.3 Å². The standard InChI is InChI=1S/C19H24N2O2S/c1-13-16(24-17(20-13)15-7-5-4-6-8-15)14(2)21-18(22)19(3)9-11-23-12-10-19/h4-8,14H,9-12H2,1-3H3,(H,21,22)/t14-/m1/s1. The fourth-order valence-corrected chi connectivity index (χ4v) is 4.07. The van der Waals surface area contributed by atoms with E-state index in [0.29, 0.717) is 13.2 Å². The summed E-state index contributed by atoms with van der Waals surface area (Å²) in [5, 5.41) is 4.19. The third kappa shape index (κ3) is 3.52. The average molecular weight is 344 g/mol. The van der Waals surface area contributed by atoms with E-state index in [4.69, 9.17) is 4.74 Å². The smallest absolute Gasteiger partial charge is 0.226 e. The van der Waals surface area contributed by atoms with E-state index < -0.39 is 0 Å². The van der Waals surface area contributed by atoms with Crippen molar-refractivity contribution < 1.29 is 9.53 Å². The van der Waals surface area contributed by atoms with Crippen molar-refractivity contribution in [2.24, 2.45) is 5.41 Å². The van der Waals surface area contributed by atoms with Gasteiger partial charge in [-0.05, 0) is 26.7 Å². The zero-order chi connectivity index (χ0) is 17.2. The lowest BCUT2D eigenvalue weighted by Gasteiger charge is -2.33. The van der Waals surface area contributed by atoms with Crippen LogP contribution in [0.5, 0.6) is 0 Å². The number of thiazole rings is 1. The maximum Gasteiger partial charge on any atom is 0.226 e. The first-order valence-electron chi connectivity index (χ1n) is 8.41. The van der Waals surface area contributed by atoms with Crippen molar-refractivity contribution in [3.05, 3.63) is 40.9 Å². The minimum absolute atomic E-state index is 0.0351. The molecule has 0 bridgehead atoms. The van der Waals surface area contributed by atoms with Crippen molar-refractivity contribution in [3.63, 3.8) is 0 Å². The molecule has 0 saturated carbocycles. The van der Waals surface area contributed by atoms with E-state index in [9.17, 15) is 4.79 Å². The molecule has 5 heteroatoms. The number of nitrogens with zero attached hydrogens (tertiary/aromatic N) is 1. The van der Waals surface area contributed by atoms with Gasteiger partial charge in [0.05, 0.1) is 22.0 Å². The predicted molar refractivity (Wildman–Crippen MR) is 97.0 cm³/mol. The molecule has 1 N–H and O–H groups in total. The Morgan fingerprint density at radius 1 is 1.29 bits per heavy atom. The summed E-state index contributed by atoms with van der Waals surface area (Å²) >= 11 is 1.66. The Labute approximate surface area is 147 Å². The van der Waals surface area contributed by atoms with Crippen LogP contribution in [0.25, 0.3) is 10.6 Å². The number of hydrogen-bond donors (Lipinski definition) is 1. The molecule has 3 rings (SSSR count). The van der Waals surface area contributed by atoms with Gasteiger partial charge >= 0.3 is 0 Å². The second-order valence-corrected chi connectivity index (χ2v) is 7.73. The van der Waals surface area contributed by atoms with Crippen molar-refractivity contribution in [2.75, 3.05) is 13.2 Å². The summed E-state index contributed by atoms with van der Waals surface area (Å²) in [5.74, 6) is 0.118. The SMILES string of the molecule is Cc1nc(-c2ccccc2)sc1[C@@H](C)NC(=O)C1(C)CCOCC1. The Hall–Kier alpha value is -1.72. The zero-order valence-corrected chi connectivity index (χ0v) is 15.3. The molecule has 2 heterocycles. The van der Waals surface area contributed by atoms with E-state index in [1.165, 1.54) is 0 Å². The van der Waals surface area contributed by atoms with Crippen LogP contribution in [0.2, 0.25) is 0 Å². The third-order valence-corrected chi connectivity index (χ3v) is 6.13. The largest absolute Gasteiger partial charge is 0.381 e. The van der Waals surface area contributed by atoms with Gasteiger partial charge in [0.1, 0.15) is 5.01 Å².